The number of benzene rings is 1. The van der Waals surface area contributed by atoms with E-state index in [2.05, 4.69) is 21.5 Å². The first-order valence-corrected chi connectivity index (χ1v) is 8.70. The Hall–Kier alpha value is -1.13. The number of hydrogen-bond acceptors (Lipinski definition) is 4. The van der Waals surface area contributed by atoms with Gasteiger partial charge in [-0.2, -0.15) is 11.8 Å². The Bertz CT molecular complexity index is 516. The number of unbranched alkanes of at least 4 members (excludes halogenated alkanes) is 3. The summed E-state index contributed by atoms with van der Waals surface area (Å²) in [4.78, 5) is 9.03. The minimum Gasteiger partial charge on any atom is -0.311 e. The summed E-state index contributed by atoms with van der Waals surface area (Å²) in [6.07, 6.45) is 9.29. The van der Waals surface area contributed by atoms with E-state index in [1.807, 2.05) is 42.2 Å². The molecule has 0 radical (unpaired) electrons. The first-order valence-electron chi connectivity index (χ1n) is 7.30. The molecule has 0 fully saturated rings. The van der Waals surface area contributed by atoms with Gasteiger partial charge in [0.25, 0.3) is 0 Å². The lowest BCUT2D eigenvalue weighted by atomic mass is 10.2. The van der Waals surface area contributed by atoms with Gasteiger partial charge in [-0.25, -0.2) is 4.98 Å². The van der Waals surface area contributed by atoms with E-state index in [0.29, 0.717) is 0 Å². The summed E-state index contributed by atoms with van der Waals surface area (Å²) in [6.45, 7) is 1.87. The van der Waals surface area contributed by atoms with Crippen LogP contribution in [0.5, 0.6) is 0 Å². The molecule has 0 aliphatic rings. The van der Waals surface area contributed by atoms with Crippen LogP contribution in [0.3, 0.4) is 0 Å². The Morgan fingerprint density at radius 2 is 1.85 bits per heavy atom. The van der Waals surface area contributed by atoms with Gasteiger partial charge >= 0.3 is 0 Å². The quantitative estimate of drug-likeness (QED) is 0.715. The molecule has 0 saturated heterocycles. The summed E-state index contributed by atoms with van der Waals surface area (Å²) >= 11 is 1.94. The standard InChI is InChI=1S/C16H23N3S/c1-20-11-7-3-2-6-10-17-12-14-13-18-15-8-4-5-9-16(15)19-14/h4-5,8-9,13,17H,2-3,6-7,10-12H2,1H3. The normalized spacial score (nSPS) is 11.1. The number of fused-ring (bicyclic) bond motifs is 1. The third-order valence-corrected chi connectivity index (χ3v) is 3.95. The largest absolute Gasteiger partial charge is 0.311 e. The fourth-order valence-electron chi connectivity index (χ4n) is 2.15. The molecular weight excluding hydrogens is 266 g/mol. The summed E-state index contributed by atoms with van der Waals surface area (Å²) in [5.41, 5.74) is 2.96. The van der Waals surface area contributed by atoms with Gasteiger partial charge in [-0.15, -0.1) is 0 Å². The van der Waals surface area contributed by atoms with Crippen molar-refractivity contribution in [3.05, 3.63) is 36.2 Å². The van der Waals surface area contributed by atoms with E-state index < -0.39 is 0 Å². The van der Waals surface area contributed by atoms with E-state index in [0.717, 1.165) is 29.8 Å². The SMILES string of the molecule is CSCCCCCCNCc1cnc2ccccc2n1. The van der Waals surface area contributed by atoms with Crippen LogP contribution < -0.4 is 5.32 Å². The van der Waals surface area contributed by atoms with E-state index >= 15 is 0 Å². The smallest absolute Gasteiger partial charge is 0.0890 e. The molecule has 2 aromatic rings. The maximum atomic E-state index is 4.61. The van der Waals surface area contributed by atoms with Crippen molar-refractivity contribution in [2.45, 2.75) is 32.2 Å². The zero-order valence-electron chi connectivity index (χ0n) is 12.1. The van der Waals surface area contributed by atoms with E-state index in [-0.39, 0.29) is 0 Å². The lowest BCUT2D eigenvalue weighted by Gasteiger charge is -2.05. The van der Waals surface area contributed by atoms with Crippen molar-refractivity contribution in [1.82, 2.24) is 15.3 Å². The first kappa shape index (κ1) is 15.3. The van der Waals surface area contributed by atoms with Gasteiger partial charge in [-0.05, 0) is 43.5 Å². The van der Waals surface area contributed by atoms with Crippen LogP contribution in [0.15, 0.2) is 30.5 Å². The molecule has 0 spiro atoms. The van der Waals surface area contributed by atoms with E-state index in [4.69, 9.17) is 0 Å². The monoisotopic (exact) mass is 289 g/mol. The molecule has 1 aromatic carbocycles. The molecule has 1 heterocycles. The molecule has 3 nitrogen and oxygen atoms in total. The molecule has 0 aliphatic heterocycles. The predicted octanol–water partition coefficient (Wildman–Crippen LogP) is 3.64. The molecule has 0 saturated carbocycles. The second kappa shape index (κ2) is 8.93. The first-order chi connectivity index (χ1) is 9.90. The van der Waals surface area contributed by atoms with Crippen molar-refractivity contribution in [1.29, 1.82) is 0 Å². The fraction of sp³-hybridized carbons (Fsp3) is 0.500. The van der Waals surface area contributed by atoms with Crippen LogP contribution in [0.4, 0.5) is 0 Å². The number of nitrogens with zero attached hydrogens (tertiary/aromatic N) is 2. The van der Waals surface area contributed by atoms with Crippen LogP contribution >= 0.6 is 11.8 Å². The average molecular weight is 289 g/mol. The van der Waals surface area contributed by atoms with Gasteiger partial charge in [0.05, 0.1) is 22.9 Å². The molecule has 1 N–H and O–H groups in total. The highest BCUT2D eigenvalue weighted by molar-refractivity contribution is 7.98. The van der Waals surface area contributed by atoms with Gasteiger partial charge in [0.1, 0.15) is 0 Å². The number of aromatic nitrogens is 2. The molecule has 1 aromatic heterocycles. The van der Waals surface area contributed by atoms with Crippen molar-refractivity contribution in [3.63, 3.8) is 0 Å². The molecule has 20 heavy (non-hydrogen) atoms. The summed E-state index contributed by atoms with van der Waals surface area (Å²) < 4.78 is 0. The Morgan fingerprint density at radius 3 is 2.70 bits per heavy atom. The summed E-state index contributed by atoms with van der Waals surface area (Å²) in [5, 5.41) is 3.45. The van der Waals surface area contributed by atoms with Crippen molar-refractivity contribution in [3.8, 4) is 0 Å². The van der Waals surface area contributed by atoms with Crippen LogP contribution in [0, 0.1) is 0 Å². The molecule has 0 unspecified atom stereocenters. The van der Waals surface area contributed by atoms with Crippen LogP contribution in [-0.4, -0.2) is 28.5 Å². The molecule has 0 bridgehead atoms. The number of hydrogen-bond donors (Lipinski definition) is 1. The van der Waals surface area contributed by atoms with E-state index in [1.54, 1.807) is 0 Å². The van der Waals surface area contributed by atoms with Gasteiger partial charge in [0.2, 0.25) is 0 Å². The molecule has 0 amide bonds. The number of rotatable bonds is 9. The average Bonchev–Trinajstić information content (AvgIpc) is 2.50. The lowest BCUT2D eigenvalue weighted by Crippen LogP contribution is -2.15. The predicted molar refractivity (Wildman–Crippen MR) is 88.1 cm³/mol. The molecule has 0 aliphatic carbocycles. The number of thioether (sulfide) groups is 1. The topological polar surface area (TPSA) is 37.8 Å². The second-order valence-electron chi connectivity index (χ2n) is 4.93. The van der Waals surface area contributed by atoms with Gasteiger partial charge in [-0.1, -0.05) is 25.0 Å². The number of nitrogens with one attached hydrogen (secondary N) is 1. The molecule has 2 rings (SSSR count). The van der Waals surface area contributed by atoms with Crippen molar-refractivity contribution in [2.75, 3.05) is 18.6 Å². The highest BCUT2D eigenvalue weighted by Gasteiger charge is 1.98. The third-order valence-electron chi connectivity index (χ3n) is 3.26. The van der Waals surface area contributed by atoms with Crippen molar-refractivity contribution < 1.29 is 0 Å². The lowest BCUT2D eigenvalue weighted by molar-refractivity contribution is 0.595. The third kappa shape index (κ3) is 5.10. The van der Waals surface area contributed by atoms with Gasteiger partial charge in [0, 0.05) is 6.54 Å². The van der Waals surface area contributed by atoms with Gasteiger partial charge in [0.15, 0.2) is 0 Å². The fourth-order valence-corrected chi connectivity index (χ4v) is 2.64. The minimum absolute atomic E-state index is 0.808. The maximum Gasteiger partial charge on any atom is 0.0890 e. The molecule has 0 atom stereocenters. The Labute approximate surface area is 125 Å². The summed E-state index contributed by atoms with van der Waals surface area (Å²) in [7, 11) is 0. The van der Waals surface area contributed by atoms with Crippen LogP contribution in [0.25, 0.3) is 11.0 Å². The highest BCUT2D eigenvalue weighted by atomic mass is 32.2. The Kier molecular flexibility index (Phi) is 6.81. The van der Waals surface area contributed by atoms with Crippen molar-refractivity contribution >= 4 is 22.8 Å². The minimum atomic E-state index is 0.808. The maximum absolute atomic E-state index is 4.61. The highest BCUT2D eigenvalue weighted by Crippen LogP contribution is 2.08. The molecular formula is C16H23N3S. The summed E-state index contributed by atoms with van der Waals surface area (Å²) in [6, 6.07) is 8.00. The number of para-hydroxylation sites is 2. The van der Waals surface area contributed by atoms with Gasteiger partial charge < -0.3 is 5.32 Å². The van der Waals surface area contributed by atoms with Gasteiger partial charge in [-0.3, -0.25) is 4.98 Å². The summed E-state index contributed by atoms with van der Waals surface area (Å²) in [5.74, 6) is 1.29. The van der Waals surface area contributed by atoms with Crippen LogP contribution in [0.2, 0.25) is 0 Å². The zero-order valence-corrected chi connectivity index (χ0v) is 13.0. The van der Waals surface area contributed by atoms with Crippen LogP contribution in [0.1, 0.15) is 31.4 Å². The van der Waals surface area contributed by atoms with Crippen LogP contribution in [-0.2, 0) is 6.54 Å². The van der Waals surface area contributed by atoms with Crippen molar-refractivity contribution in [2.24, 2.45) is 0 Å². The van der Waals surface area contributed by atoms with E-state index in [1.165, 1.54) is 31.4 Å². The second-order valence-corrected chi connectivity index (χ2v) is 5.92. The molecule has 4 heteroatoms. The van der Waals surface area contributed by atoms with E-state index in [9.17, 15) is 0 Å². The molecule has 108 valence electrons. The Balaban J connectivity index is 1.65. The zero-order chi connectivity index (χ0) is 14.0. The Morgan fingerprint density at radius 1 is 1.05 bits per heavy atom.